The number of carbonyl (C=O) groups is 1. The van der Waals surface area contributed by atoms with Crippen molar-refractivity contribution >= 4 is 11.7 Å². The van der Waals surface area contributed by atoms with E-state index in [1.165, 1.54) is 18.2 Å². The Morgan fingerprint density at radius 1 is 1.23 bits per heavy atom. The first-order valence-corrected chi connectivity index (χ1v) is 6.64. The first-order chi connectivity index (χ1) is 10.5. The van der Waals surface area contributed by atoms with Crippen molar-refractivity contribution in [3.8, 4) is 0 Å². The number of anilines is 1. The van der Waals surface area contributed by atoms with Crippen LogP contribution in [0.1, 0.15) is 17.0 Å². The highest BCUT2D eigenvalue weighted by molar-refractivity contribution is 5.74. The van der Waals surface area contributed by atoms with Crippen LogP contribution in [0.5, 0.6) is 0 Å². The van der Waals surface area contributed by atoms with Gasteiger partial charge in [-0.1, -0.05) is 36.4 Å². The Balaban J connectivity index is 2.38. The zero-order valence-corrected chi connectivity index (χ0v) is 11.6. The van der Waals surface area contributed by atoms with E-state index in [1.54, 1.807) is 30.3 Å². The minimum Gasteiger partial charge on any atom is -0.479 e. The van der Waals surface area contributed by atoms with Crippen LogP contribution in [0, 0.1) is 5.82 Å². The van der Waals surface area contributed by atoms with Crippen LogP contribution in [0.2, 0.25) is 0 Å². The van der Waals surface area contributed by atoms with Crippen molar-refractivity contribution in [3.05, 3.63) is 65.5 Å². The molecular weight excluding hydrogens is 289 g/mol. The van der Waals surface area contributed by atoms with Crippen LogP contribution in [-0.2, 0) is 16.1 Å². The largest absolute Gasteiger partial charge is 0.479 e. The van der Waals surface area contributed by atoms with Gasteiger partial charge in [-0.25, -0.2) is 14.1 Å². The summed E-state index contributed by atoms with van der Waals surface area (Å²) in [6, 6.07) is 12.7. The normalized spacial score (nSPS) is 13.5. The molecule has 2 atom stereocenters. The lowest BCUT2D eigenvalue weighted by Gasteiger charge is -2.22. The summed E-state index contributed by atoms with van der Waals surface area (Å²) in [5, 5.41) is 18.2. The van der Waals surface area contributed by atoms with Crippen LogP contribution >= 0.6 is 0 Å². The van der Waals surface area contributed by atoms with E-state index in [4.69, 9.17) is 11.0 Å². The predicted molar refractivity (Wildman–Crippen MR) is 78.8 cm³/mol. The first-order valence-electron chi connectivity index (χ1n) is 6.64. The topological polar surface area (TPSA) is 92.8 Å². The average Bonchev–Trinajstić information content (AvgIpc) is 2.50. The fourth-order valence-electron chi connectivity index (χ4n) is 2.38. The van der Waals surface area contributed by atoms with Gasteiger partial charge in [-0.05, 0) is 29.7 Å². The second-order valence-corrected chi connectivity index (χ2v) is 4.93. The van der Waals surface area contributed by atoms with Crippen LogP contribution in [0.4, 0.5) is 10.1 Å². The molecule has 0 saturated heterocycles. The van der Waals surface area contributed by atoms with Gasteiger partial charge >= 0.3 is 5.97 Å². The molecule has 5 nitrogen and oxygen atoms in total. The lowest BCUT2D eigenvalue weighted by molar-refractivity contribution is -0.281. The van der Waals surface area contributed by atoms with E-state index in [-0.39, 0.29) is 12.1 Å². The third kappa shape index (κ3) is 3.60. The minimum atomic E-state index is -1.45. The van der Waals surface area contributed by atoms with Crippen molar-refractivity contribution < 1.29 is 24.4 Å². The Bertz CT molecular complexity index is 648. The lowest BCUT2D eigenvalue weighted by Crippen LogP contribution is -2.31. The zero-order valence-electron chi connectivity index (χ0n) is 11.6. The highest BCUT2D eigenvalue weighted by atomic mass is 19.1. The van der Waals surface area contributed by atoms with E-state index in [9.17, 15) is 14.3 Å². The van der Waals surface area contributed by atoms with Gasteiger partial charge in [-0.2, -0.15) is 0 Å². The van der Waals surface area contributed by atoms with Gasteiger partial charge in [-0.15, -0.1) is 0 Å². The molecule has 0 aromatic heterocycles. The summed E-state index contributed by atoms with van der Waals surface area (Å²) >= 11 is 0. The summed E-state index contributed by atoms with van der Waals surface area (Å²) in [4.78, 5) is 15.4. The Kier molecular flexibility index (Phi) is 5.08. The van der Waals surface area contributed by atoms with Gasteiger partial charge in [0.15, 0.2) is 6.10 Å². The average molecular weight is 305 g/mol. The van der Waals surface area contributed by atoms with Gasteiger partial charge in [0.2, 0.25) is 0 Å². The summed E-state index contributed by atoms with van der Waals surface area (Å²) in [5.41, 5.74) is 7.26. The molecule has 0 bridgehead atoms. The number of hydrogen-bond donors (Lipinski definition) is 3. The molecule has 4 N–H and O–H groups in total. The van der Waals surface area contributed by atoms with Crippen molar-refractivity contribution in [2.75, 3.05) is 5.73 Å². The third-order valence-corrected chi connectivity index (χ3v) is 3.50. The quantitative estimate of drug-likeness (QED) is 0.433. The molecule has 22 heavy (non-hydrogen) atoms. The second kappa shape index (κ2) is 7.02. The van der Waals surface area contributed by atoms with E-state index < -0.39 is 23.8 Å². The molecule has 0 radical (unpaired) electrons. The van der Waals surface area contributed by atoms with Crippen LogP contribution in [-0.4, -0.2) is 22.4 Å². The number of hydrogen-bond acceptors (Lipinski definition) is 4. The molecule has 0 aliphatic carbocycles. The minimum absolute atomic E-state index is 0.188. The van der Waals surface area contributed by atoms with Crippen molar-refractivity contribution in [1.82, 2.24) is 0 Å². The van der Waals surface area contributed by atoms with Gasteiger partial charge < -0.3 is 10.8 Å². The fraction of sp³-hybridized carbons (Fsp3) is 0.188. The smallest absolute Gasteiger partial charge is 0.336 e. The number of carboxylic acid groups (broad SMARTS) is 1. The van der Waals surface area contributed by atoms with Crippen LogP contribution < -0.4 is 5.73 Å². The maximum atomic E-state index is 13.1. The lowest BCUT2D eigenvalue weighted by atomic mass is 9.87. The van der Waals surface area contributed by atoms with E-state index in [2.05, 4.69) is 4.89 Å². The van der Waals surface area contributed by atoms with E-state index in [0.29, 0.717) is 11.1 Å². The van der Waals surface area contributed by atoms with Crippen LogP contribution in [0.15, 0.2) is 48.5 Å². The molecule has 0 saturated carbocycles. The number of halogens is 1. The van der Waals surface area contributed by atoms with Crippen molar-refractivity contribution in [2.24, 2.45) is 0 Å². The predicted octanol–water partition coefficient (Wildman–Crippen LogP) is 2.68. The fourth-order valence-corrected chi connectivity index (χ4v) is 2.38. The summed E-state index contributed by atoms with van der Waals surface area (Å²) in [6.45, 7) is 0. The molecule has 0 aliphatic rings. The van der Waals surface area contributed by atoms with Crippen LogP contribution in [0.25, 0.3) is 0 Å². The van der Waals surface area contributed by atoms with Crippen molar-refractivity contribution in [2.45, 2.75) is 18.4 Å². The summed E-state index contributed by atoms with van der Waals surface area (Å²) in [5.74, 6) is -2.43. The number of aliphatic carboxylic acids is 1. The molecule has 0 aliphatic heterocycles. The summed E-state index contributed by atoms with van der Waals surface area (Å²) in [6.07, 6.45) is -1.26. The Morgan fingerprint density at radius 3 is 2.45 bits per heavy atom. The third-order valence-electron chi connectivity index (χ3n) is 3.50. The molecular formula is C16H16FNO4. The maximum Gasteiger partial charge on any atom is 0.336 e. The molecule has 0 fully saturated rings. The van der Waals surface area contributed by atoms with E-state index in [1.807, 2.05) is 0 Å². The highest BCUT2D eigenvalue weighted by Crippen LogP contribution is 2.29. The molecule has 6 heteroatoms. The van der Waals surface area contributed by atoms with Crippen molar-refractivity contribution in [1.29, 1.82) is 0 Å². The van der Waals surface area contributed by atoms with Gasteiger partial charge in [0.05, 0.1) is 0 Å². The van der Waals surface area contributed by atoms with Crippen molar-refractivity contribution in [3.63, 3.8) is 0 Å². The number of benzene rings is 2. The van der Waals surface area contributed by atoms with E-state index in [0.717, 1.165) is 0 Å². The number of rotatable bonds is 6. The molecule has 2 unspecified atom stereocenters. The number of carboxylic acids is 1. The molecule has 2 aromatic rings. The highest BCUT2D eigenvalue weighted by Gasteiger charge is 2.31. The summed E-state index contributed by atoms with van der Waals surface area (Å²) < 4.78 is 13.1. The molecule has 116 valence electrons. The van der Waals surface area contributed by atoms with E-state index >= 15 is 0 Å². The Morgan fingerprint density at radius 2 is 1.91 bits per heavy atom. The molecule has 2 aromatic carbocycles. The number of nitrogens with two attached hydrogens (primary N) is 1. The first kappa shape index (κ1) is 15.9. The Labute approximate surface area is 126 Å². The summed E-state index contributed by atoms with van der Waals surface area (Å²) in [7, 11) is 0. The number of nitrogen functional groups attached to an aromatic ring is 1. The standard InChI is InChI=1S/C16H16FNO4/c17-12-7-6-11(14(18)9-12)8-13(15(22-21)16(19)20)10-4-2-1-3-5-10/h1-7,9,13,15,21H,8,18H2,(H,19,20). The monoisotopic (exact) mass is 305 g/mol. The Hall–Kier alpha value is -2.44. The van der Waals surface area contributed by atoms with Crippen LogP contribution in [0.3, 0.4) is 0 Å². The molecule has 2 rings (SSSR count). The zero-order chi connectivity index (χ0) is 16.1. The second-order valence-electron chi connectivity index (χ2n) is 4.93. The van der Waals surface area contributed by atoms with Gasteiger partial charge in [0, 0.05) is 11.6 Å². The molecule has 0 amide bonds. The maximum absolute atomic E-state index is 13.1. The van der Waals surface area contributed by atoms with Gasteiger partial charge in [0.1, 0.15) is 5.82 Å². The van der Waals surface area contributed by atoms with Gasteiger partial charge in [-0.3, -0.25) is 5.26 Å². The SMILES string of the molecule is Nc1cc(F)ccc1CC(c1ccccc1)C(OO)C(=O)O. The molecule has 0 heterocycles. The molecule has 0 spiro atoms. The van der Waals surface area contributed by atoms with Gasteiger partial charge in [0.25, 0.3) is 0 Å².